The third-order valence-electron chi connectivity index (χ3n) is 4.23. The Kier molecular flexibility index (Phi) is 5.93. The maximum atomic E-state index is 12.0. The van der Waals surface area contributed by atoms with E-state index >= 15 is 0 Å². The van der Waals surface area contributed by atoms with Crippen LogP contribution in [-0.4, -0.2) is 65.9 Å². The first kappa shape index (κ1) is 16.2. The van der Waals surface area contributed by atoms with Crippen molar-refractivity contribution in [2.45, 2.75) is 25.7 Å². The molecular formula is C14H24N4O2S. The van der Waals surface area contributed by atoms with Crippen molar-refractivity contribution in [2.24, 2.45) is 11.7 Å². The minimum absolute atomic E-state index is 0.0747. The van der Waals surface area contributed by atoms with Crippen molar-refractivity contribution in [3.05, 3.63) is 0 Å². The minimum Gasteiger partial charge on any atom is -0.392 e. The highest BCUT2D eigenvalue weighted by atomic mass is 32.1. The topological polar surface area (TPSA) is 78.7 Å². The van der Waals surface area contributed by atoms with E-state index in [1.54, 1.807) is 4.90 Å². The molecule has 0 aromatic heterocycles. The number of hydrogen-bond acceptors (Lipinski definition) is 4. The highest BCUT2D eigenvalue weighted by molar-refractivity contribution is 7.80. The Morgan fingerprint density at radius 2 is 1.76 bits per heavy atom. The number of nitrogens with zero attached hydrogens (tertiary/aromatic N) is 2. The number of nitrogens with one attached hydrogen (secondary N) is 1. The number of amides is 2. The number of likely N-dealkylation sites (tertiary alicyclic amines) is 2. The second-order valence-corrected chi connectivity index (χ2v) is 6.42. The number of hydrogen-bond donors (Lipinski definition) is 2. The fourth-order valence-electron chi connectivity index (χ4n) is 3.04. The van der Waals surface area contributed by atoms with E-state index < -0.39 is 11.8 Å². The maximum absolute atomic E-state index is 12.0. The number of thiocarbonyl (C=S) groups is 1. The van der Waals surface area contributed by atoms with Gasteiger partial charge in [-0.2, -0.15) is 0 Å². The minimum atomic E-state index is -0.610. The summed E-state index contributed by atoms with van der Waals surface area (Å²) in [5.41, 5.74) is 5.30. The molecule has 21 heavy (non-hydrogen) atoms. The molecule has 7 heteroatoms. The Morgan fingerprint density at radius 1 is 1.14 bits per heavy atom. The van der Waals surface area contributed by atoms with Gasteiger partial charge in [0.1, 0.15) is 0 Å². The summed E-state index contributed by atoms with van der Waals surface area (Å²) < 4.78 is 0. The summed E-state index contributed by atoms with van der Waals surface area (Å²) >= 11 is 4.67. The highest BCUT2D eigenvalue weighted by Gasteiger charge is 2.28. The summed E-state index contributed by atoms with van der Waals surface area (Å²) in [4.78, 5) is 28.0. The van der Waals surface area contributed by atoms with E-state index in [2.05, 4.69) is 22.4 Å². The van der Waals surface area contributed by atoms with Crippen LogP contribution in [0.25, 0.3) is 0 Å². The Balaban J connectivity index is 1.71. The SMILES string of the molecule is NC(=S)CNC(=O)C(=O)N1CCC(CN2CCCC2)CC1. The normalized spacial score (nSPS) is 20.5. The second-order valence-electron chi connectivity index (χ2n) is 5.89. The van der Waals surface area contributed by atoms with Crippen LogP contribution >= 0.6 is 12.2 Å². The van der Waals surface area contributed by atoms with Gasteiger partial charge in [0, 0.05) is 19.6 Å². The fourth-order valence-corrected chi connectivity index (χ4v) is 3.11. The predicted octanol–water partition coefficient (Wildman–Crippen LogP) is -0.277. The number of nitrogens with two attached hydrogens (primary N) is 1. The third-order valence-corrected chi connectivity index (χ3v) is 4.38. The first-order valence-corrected chi connectivity index (χ1v) is 8.05. The maximum Gasteiger partial charge on any atom is 0.311 e. The molecule has 2 fully saturated rings. The lowest BCUT2D eigenvalue weighted by molar-refractivity contribution is -0.146. The molecule has 2 aliphatic rings. The molecule has 0 bridgehead atoms. The van der Waals surface area contributed by atoms with Crippen molar-refractivity contribution >= 4 is 29.0 Å². The lowest BCUT2D eigenvalue weighted by Crippen LogP contribution is -2.48. The summed E-state index contributed by atoms with van der Waals surface area (Å²) in [6.45, 7) is 4.96. The summed E-state index contributed by atoms with van der Waals surface area (Å²) in [5, 5.41) is 2.44. The average molecular weight is 312 g/mol. The van der Waals surface area contributed by atoms with Gasteiger partial charge in [-0.25, -0.2) is 0 Å². The van der Waals surface area contributed by atoms with Crippen molar-refractivity contribution in [1.82, 2.24) is 15.1 Å². The first-order valence-electron chi connectivity index (χ1n) is 7.64. The molecule has 0 radical (unpaired) electrons. The van der Waals surface area contributed by atoms with Gasteiger partial charge in [-0.1, -0.05) is 12.2 Å². The van der Waals surface area contributed by atoms with Gasteiger partial charge in [0.05, 0.1) is 11.5 Å². The molecule has 0 atom stereocenters. The molecule has 3 N–H and O–H groups in total. The van der Waals surface area contributed by atoms with Crippen LogP contribution in [0.3, 0.4) is 0 Å². The molecule has 2 saturated heterocycles. The van der Waals surface area contributed by atoms with E-state index in [9.17, 15) is 9.59 Å². The molecule has 0 aromatic carbocycles. The fraction of sp³-hybridized carbons (Fsp3) is 0.786. The Hall–Kier alpha value is -1.21. The third kappa shape index (κ3) is 4.93. The van der Waals surface area contributed by atoms with Crippen LogP contribution in [0.15, 0.2) is 0 Å². The molecular weight excluding hydrogens is 288 g/mol. The van der Waals surface area contributed by atoms with Gasteiger partial charge >= 0.3 is 11.8 Å². The van der Waals surface area contributed by atoms with Gasteiger partial charge in [0.2, 0.25) is 0 Å². The molecule has 118 valence electrons. The van der Waals surface area contributed by atoms with Crippen LogP contribution in [0, 0.1) is 5.92 Å². The monoisotopic (exact) mass is 312 g/mol. The van der Waals surface area contributed by atoms with Gasteiger partial charge in [0.25, 0.3) is 0 Å². The Labute approximate surface area is 131 Å². The lowest BCUT2D eigenvalue weighted by atomic mass is 9.96. The first-order chi connectivity index (χ1) is 10.1. The zero-order valence-electron chi connectivity index (χ0n) is 12.3. The number of carbonyl (C=O) groups is 2. The number of piperidine rings is 1. The van der Waals surface area contributed by atoms with Gasteiger partial charge in [-0.3, -0.25) is 9.59 Å². The second kappa shape index (κ2) is 7.70. The van der Waals surface area contributed by atoms with Crippen LogP contribution in [0.1, 0.15) is 25.7 Å². The predicted molar refractivity (Wildman–Crippen MR) is 84.8 cm³/mol. The van der Waals surface area contributed by atoms with Gasteiger partial charge in [-0.15, -0.1) is 0 Å². The number of carbonyl (C=O) groups excluding carboxylic acids is 2. The van der Waals surface area contributed by atoms with Crippen molar-refractivity contribution in [3.8, 4) is 0 Å². The van der Waals surface area contributed by atoms with E-state index in [1.165, 1.54) is 25.9 Å². The summed E-state index contributed by atoms with van der Waals surface area (Å²) in [6.07, 6.45) is 4.57. The van der Waals surface area contributed by atoms with Crippen LogP contribution < -0.4 is 11.1 Å². The lowest BCUT2D eigenvalue weighted by Gasteiger charge is -2.33. The molecule has 0 spiro atoms. The van der Waals surface area contributed by atoms with Crippen LogP contribution in [-0.2, 0) is 9.59 Å². The molecule has 6 nitrogen and oxygen atoms in total. The standard InChI is InChI=1S/C14H24N4O2S/c15-12(21)9-16-13(19)14(20)18-7-3-11(4-8-18)10-17-5-1-2-6-17/h11H,1-10H2,(H2,15,21)(H,16,19). The van der Waals surface area contributed by atoms with E-state index in [0.29, 0.717) is 19.0 Å². The molecule has 2 aliphatic heterocycles. The zero-order chi connectivity index (χ0) is 15.2. The van der Waals surface area contributed by atoms with Gasteiger partial charge < -0.3 is 20.9 Å². The summed E-state index contributed by atoms with van der Waals surface area (Å²) in [5.74, 6) is -0.432. The molecule has 0 aliphatic carbocycles. The van der Waals surface area contributed by atoms with E-state index in [1.807, 2.05) is 0 Å². The number of rotatable bonds is 4. The summed E-state index contributed by atoms with van der Waals surface area (Å²) in [6, 6.07) is 0. The van der Waals surface area contributed by atoms with Gasteiger partial charge in [0.15, 0.2) is 0 Å². The van der Waals surface area contributed by atoms with Crippen molar-refractivity contribution in [3.63, 3.8) is 0 Å². The average Bonchev–Trinajstić information content (AvgIpc) is 2.97. The highest BCUT2D eigenvalue weighted by Crippen LogP contribution is 2.20. The largest absolute Gasteiger partial charge is 0.392 e. The molecule has 2 heterocycles. The smallest absolute Gasteiger partial charge is 0.311 e. The molecule has 0 saturated carbocycles. The molecule has 0 unspecified atom stereocenters. The van der Waals surface area contributed by atoms with Crippen molar-refractivity contribution < 1.29 is 9.59 Å². The molecule has 2 rings (SSSR count). The molecule has 0 aromatic rings. The van der Waals surface area contributed by atoms with Crippen LogP contribution in [0.4, 0.5) is 0 Å². The summed E-state index contributed by atoms with van der Waals surface area (Å²) in [7, 11) is 0. The van der Waals surface area contributed by atoms with Gasteiger partial charge in [-0.05, 0) is 44.7 Å². The Bertz CT molecular complexity index is 402. The van der Waals surface area contributed by atoms with E-state index in [0.717, 1.165) is 19.4 Å². The quantitative estimate of drug-likeness (QED) is 0.551. The Morgan fingerprint density at radius 3 is 2.33 bits per heavy atom. The van der Waals surface area contributed by atoms with Crippen molar-refractivity contribution in [1.29, 1.82) is 0 Å². The molecule has 2 amide bonds. The van der Waals surface area contributed by atoms with Crippen LogP contribution in [0.2, 0.25) is 0 Å². The zero-order valence-corrected chi connectivity index (χ0v) is 13.2. The van der Waals surface area contributed by atoms with E-state index in [-0.39, 0.29) is 11.5 Å². The van der Waals surface area contributed by atoms with Crippen molar-refractivity contribution in [2.75, 3.05) is 39.3 Å². The van der Waals surface area contributed by atoms with E-state index in [4.69, 9.17) is 5.73 Å². The van der Waals surface area contributed by atoms with Crippen LogP contribution in [0.5, 0.6) is 0 Å².